The molecular weight excluding hydrogens is 184 g/mol. The molecule has 2 aromatic carbocycles. The second kappa shape index (κ2) is 2.84. The average molecular weight is 196 g/mol. The monoisotopic (exact) mass is 196 g/mol. The standard InChI is InChI=1S/C13H12N2/c14-10-6-9-3-1-2-8-4-5-12(15)11(7-10)13(8)9/h1-7,12H,14-15H2. The number of anilines is 1. The number of benzene rings is 2. The van der Waals surface area contributed by atoms with Crippen LogP contribution in [0.1, 0.15) is 17.2 Å². The predicted molar refractivity (Wildman–Crippen MR) is 64.3 cm³/mol. The molecule has 0 saturated heterocycles. The van der Waals surface area contributed by atoms with Gasteiger partial charge >= 0.3 is 0 Å². The van der Waals surface area contributed by atoms with Crippen LogP contribution in [0.5, 0.6) is 0 Å². The van der Waals surface area contributed by atoms with Gasteiger partial charge in [0.2, 0.25) is 0 Å². The van der Waals surface area contributed by atoms with Crippen LogP contribution in [0.3, 0.4) is 0 Å². The Hall–Kier alpha value is -1.80. The van der Waals surface area contributed by atoms with Gasteiger partial charge in [-0.25, -0.2) is 0 Å². The molecule has 1 aliphatic rings. The van der Waals surface area contributed by atoms with E-state index in [1.165, 1.54) is 16.3 Å². The van der Waals surface area contributed by atoms with Crippen LogP contribution in [0, 0.1) is 0 Å². The van der Waals surface area contributed by atoms with E-state index >= 15 is 0 Å². The minimum absolute atomic E-state index is 0.0362. The highest BCUT2D eigenvalue weighted by molar-refractivity contribution is 5.97. The van der Waals surface area contributed by atoms with Gasteiger partial charge in [-0.2, -0.15) is 0 Å². The van der Waals surface area contributed by atoms with Crippen LogP contribution < -0.4 is 11.5 Å². The number of hydrogen-bond donors (Lipinski definition) is 2. The third-order valence-electron chi connectivity index (χ3n) is 2.90. The molecule has 2 aromatic rings. The van der Waals surface area contributed by atoms with Gasteiger partial charge in [0, 0.05) is 11.7 Å². The highest BCUT2D eigenvalue weighted by Crippen LogP contribution is 2.33. The first-order chi connectivity index (χ1) is 7.25. The Morgan fingerprint density at radius 3 is 2.87 bits per heavy atom. The maximum absolute atomic E-state index is 6.03. The minimum atomic E-state index is -0.0362. The van der Waals surface area contributed by atoms with Crippen molar-refractivity contribution < 1.29 is 0 Å². The molecule has 2 heteroatoms. The first-order valence-electron chi connectivity index (χ1n) is 5.01. The Labute approximate surface area is 88.2 Å². The van der Waals surface area contributed by atoms with Crippen molar-refractivity contribution in [2.45, 2.75) is 6.04 Å². The summed E-state index contributed by atoms with van der Waals surface area (Å²) in [5, 5.41) is 2.41. The summed E-state index contributed by atoms with van der Waals surface area (Å²) in [5.74, 6) is 0. The molecule has 0 aromatic heterocycles. The summed E-state index contributed by atoms with van der Waals surface area (Å²) in [6.45, 7) is 0. The molecule has 2 nitrogen and oxygen atoms in total. The van der Waals surface area contributed by atoms with E-state index in [-0.39, 0.29) is 6.04 Å². The van der Waals surface area contributed by atoms with Crippen molar-refractivity contribution in [3.05, 3.63) is 47.5 Å². The smallest absolute Gasteiger partial charge is 0.0491 e. The van der Waals surface area contributed by atoms with Crippen molar-refractivity contribution in [1.29, 1.82) is 0 Å². The summed E-state index contributed by atoms with van der Waals surface area (Å²) in [5.41, 5.74) is 15.0. The zero-order valence-corrected chi connectivity index (χ0v) is 8.27. The second-order valence-electron chi connectivity index (χ2n) is 3.94. The molecule has 0 aliphatic heterocycles. The van der Waals surface area contributed by atoms with Crippen LogP contribution in [-0.2, 0) is 0 Å². The van der Waals surface area contributed by atoms with Gasteiger partial charge in [-0.3, -0.25) is 0 Å². The van der Waals surface area contributed by atoms with E-state index in [9.17, 15) is 0 Å². The minimum Gasteiger partial charge on any atom is -0.399 e. The summed E-state index contributed by atoms with van der Waals surface area (Å²) in [4.78, 5) is 0. The van der Waals surface area contributed by atoms with Crippen molar-refractivity contribution in [1.82, 2.24) is 0 Å². The second-order valence-corrected chi connectivity index (χ2v) is 3.94. The molecule has 0 amide bonds. The van der Waals surface area contributed by atoms with Crippen LogP contribution in [-0.4, -0.2) is 0 Å². The van der Waals surface area contributed by atoms with E-state index in [1.807, 2.05) is 24.3 Å². The molecule has 15 heavy (non-hydrogen) atoms. The van der Waals surface area contributed by atoms with Gasteiger partial charge in [-0.05, 0) is 34.0 Å². The quantitative estimate of drug-likeness (QED) is 0.636. The van der Waals surface area contributed by atoms with Crippen LogP contribution in [0.25, 0.3) is 16.8 Å². The lowest BCUT2D eigenvalue weighted by molar-refractivity contribution is 0.922. The summed E-state index contributed by atoms with van der Waals surface area (Å²) >= 11 is 0. The Balaban J connectivity index is 2.51. The first-order valence-corrected chi connectivity index (χ1v) is 5.01. The predicted octanol–water partition coefficient (Wildman–Crippen LogP) is 2.45. The molecular formula is C13H12N2. The third-order valence-corrected chi connectivity index (χ3v) is 2.90. The SMILES string of the molecule is Nc1cc2c3c(cccc3c1)C=CC2N. The Morgan fingerprint density at radius 1 is 1.13 bits per heavy atom. The molecule has 0 spiro atoms. The fourth-order valence-corrected chi connectivity index (χ4v) is 2.23. The van der Waals surface area contributed by atoms with E-state index in [2.05, 4.69) is 18.2 Å². The largest absolute Gasteiger partial charge is 0.399 e. The first kappa shape index (κ1) is 8.50. The van der Waals surface area contributed by atoms with Crippen molar-refractivity contribution in [3.8, 4) is 0 Å². The van der Waals surface area contributed by atoms with Crippen molar-refractivity contribution >= 4 is 22.5 Å². The zero-order chi connectivity index (χ0) is 10.4. The maximum Gasteiger partial charge on any atom is 0.0491 e. The molecule has 0 fully saturated rings. The number of nitrogen functional groups attached to an aromatic ring is 1. The average Bonchev–Trinajstić information content (AvgIpc) is 2.23. The zero-order valence-electron chi connectivity index (χ0n) is 8.27. The molecule has 1 aliphatic carbocycles. The van der Waals surface area contributed by atoms with E-state index in [1.54, 1.807) is 0 Å². The molecule has 0 bridgehead atoms. The van der Waals surface area contributed by atoms with Crippen LogP contribution in [0.15, 0.2) is 36.4 Å². The lowest BCUT2D eigenvalue weighted by Crippen LogP contribution is -2.11. The molecule has 1 atom stereocenters. The summed E-state index contributed by atoms with van der Waals surface area (Å²) < 4.78 is 0. The molecule has 0 heterocycles. The van der Waals surface area contributed by atoms with Gasteiger partial charge in [0.25, 0.3) is 0 Å². The lowest BCUT2D eigenvalue weighted by atomic mass is 9.90. The number of hydrogen-bond acceptors (Lipinski definition) is 2. The molecule has 74 valence electrons. The van der Waals surface area contributed by atoms with Crippen LogP contribution in [0.2, 0.25) is 0 Å². The molecule has 3 rings (SSSR count). The topological polar surface area (TPSA) is 52.0 Å². The maximum atomic E-state index is 6.03. The highest BCUT2D eigenvalue weighted by atomic mass is 14.6. The normalized spacial score (nSPS) is 18.3. The van der Waals surface area contributed by atoms with Gasteiger partial charge in [0.1, 0.15) is 0 Å². The summed E-state index contributed by atoms with van der Waals surface area (Å²) in [6, 6.07) is 10.1. The Bertz CT molecular complexity index is 570. The van der Waals surface area contributed by atoms with Gasteiger partial charge < -0.3 is 11.5 Å². The fourth-order valence-electron chi connectivity index (χ4n) is 2.23. The lowest BCUT2D eigenvalue weighted by Gasteiger charge is -2.18. The van der Waals surface area contributed by atoms with Crippen molar-refractivity contribution in [2.24, 2.45) is 5.73 Å². The number of nitrogens with two attached hydrogens (primary N) is 2. The fraction of sp³-hybridized carbons (Fsp3) is 0.0769. The Kier molecular flexibility index (Phi) is 1.61. The van der Waals surface area contributed by atoms with Gasteiger partial charge in [0.15, 0.2) is 0 Å². The van der Waals surface area contributed by atoms with E-state index in [0.29, 0.717) is 0 Å². The van der Waals surface area contributed by atoms with E-state index in [4.69, 9.17) is 11.5 Å². The van der Waals surface area contributed by atoms with Crippen LogP contribution in [0.4, 0.5) is 5.69 Å². The van der Waals surface area contributed by atoms with Crippen molar-refractivity contribution in [3.63, 3.8) is 0 Å². The molecule has 4 N–H and O–H groups in total. The highest BCUT2D eigenvalue weighted by Gasteiger charge is 2.14. The van der Waals surface area contributed by atoms with Gasteiger partial charge in [-0.1, -0.05) is 30.4 Å². The molecule has 0 radical (unpaired) electrons. The van der Waals surface area contributed by atoms with Gasteiger partial charge in [-0.15, -0.1) is 0 Å². The molecule has 0 saturated carbocycles. The Morgan fingerprint density at radius 2 is 2.00 bits per heavy atom. The molecule has 1 unspecified atom stereocenters. The summed E-state index contributed by atoms with van der Waals surface area (Å²) in [6.07, 6.45) is 4.09. The number of rotatable bonds is 0. The van der Waals surface area contributed by atoms with Crippen LogP contribution >= 0.6 is 0 Å². The van der Waals surface area contributed by atoms with Crippen molar-refractivity contribution in [2.75, 3.05) is 5.73 Å². The van der Waals surface area contributed by atoms with E-state index in [0.717, 1.165) is 11.3 Å². The van der Waals surface area contributed by atoms with E-state index < -0.39 is 0 Å². The summed E-state index contributed by atoms with van der Waals surface area (Å²) in [7, 11) is 0. The third kappa shape index (κ3) is 1.15. The van der Waals surface area contributed by atoms with Gasteiger partial charge in [0.05, 0.1) is 0 Å².